The van der Waals surface area contributed by atoms with Gasteiger partial charge in [-0.2, -0.15) is 0 Å². The number of thiophene rings is 1. The number of likely N-dealkylation sites (N-methyl/N-ethyl adjacent to an activating group) is 1. The van der Waals surface area contributed by atoms with Crippen molar-refractivity contribution in [2.24, 2.45) is 4.99 Å². The summed E-state index contributed by atoms with van der Waals surface area (Å²) in [6, 6.07) is 4.58. The van der Waals surface area contributed by atoms with E-state index in [2.05, 4.69) is 72.9 Å². The number of nitrogens with zero attached hydrogens (tertiary/aromatic N) is 3. The van der Waals surface area contributed by atoms with Gasteiger partial charge < -0.3 is 15.5 Å². The molecule has 2 heterocycles. The molecule has 0 amide bonds. The third-order valence-corrected chi connectivity index (χ3v) is 6.07. The predicted octanol–water partition coefficient (Wildman–Crippen LogP) is 3.22. The van der Waals surface area contributed by atoms with Crippen LogP contribution in [0.4, 0.5) is 0 Å². The van der Waals surface area contributed by atoms with E-state index in [-0.39, 0.29) is 0 Å². The van der Waals surface area contributed by atoms with Gasteiger partial charge in [-0.15, -0.1) is 22.7 Å². The van der Waals surface area contributed by atoms with E-state index < -0.39 is 0 Å². The summed E-state index contributed by atoms with van der Waals surface area (Å²) in [6.45, 7) is 8.71. The van der Waals surface area contributed by atoms with Gasteiger partial charge in [-0.25, -0.2) is 4.98 Å². The molecular weight excluding hydrogens is 350 g/mol. The first-order valence-corrected chi connectivity index (χ1v) is 10.4. The molecule has 7 heteroatoms. The van der Waals surface area contributed by atoms with Gasteiger partial charge in [0.25, 0.3) is 0 Å². The molecule has 0 saturated carbocycles. The minimum atomic E-state index is 0.305. The maximum Gasteiger partial charge on any atom is 0.191 e. The Labute approximate surface area is 159 Å². The maximum atomic E-state index is 4.79. The van der Waals surface area contributed by atoms with Crippen molar-refractivity contribution in [1.82, 2.24) is 20.5 Å². The minimum absolute atomic E-state index is 0.305. The number of aromatic nitrogens is 1. The van der Waals surface area contributed by atoms with Crippen molar-refractivity contribution in [1.29, 1.82) is 0 Å². The average molecular weight is 380 g/mol. The van der Waals surface area contributed by atoms with Crippen molar-refractivity contribution in [2.45, 2.75) is 33.2 Å². The van der Waals surface area contributed by atoms with Crippen molar-refractivity contribution < 1.29 is 0 Å². The molecule has 0 aliphatic heterocycles. The number of rotatable bonds is 8. The van der Waals surface area contributed by atoms with E-state index in [0.29, 0.717) is 6.04 Å². The summed E-state index contributed by atoms with van der Waals surface area (Å²) >= 11 is 3.57. The largest absolute Gasteiger partial charge is 0.357 e. The molecule has 0 saturated heterocycles. The first-order valence-electron chi connectivity index (χ1n) is 8.66. The minimum Gasteiger partial charge on any atom is -0.357 e. The zero-order valence-electron chi connectivity index (χ0n) is 15.8. The summed E-state index contributed by atoms with van der Waals surface area (Å²) in [5.41, 5.74) is 1.14. The molecule has 2 aromatic rings. The molecule has 0 radical (unpaired) electrons. The van der Waals surface area contributed by atoms with E-state index in [1.54, 1.807) is 22.7 Å². The van der Waals surface area contributed by atoms with Gasteiger partial charge in [0, 0.05) is 29.3 Å². The van der Waals surface area contributed by atoms with Crippen LogP contribution in [-0.2, 0) is 6.42 Å². The van der Waals surface area contributed by atoms with Gasteiger partial charge in [-0.1, -0.05) is 6.07 Å². The molecule has 0 spiro atoms. The number of guanidine groups is 1. The lowest BCUT2D eigenvalue weighted by Gasteiger charge is -2.22. The van der Waals surface area contributed by atoms with Gasteiger partial charge in [0.05, 0.1) is 23.3 Å². The molecule has 0 aromatic carbocycles. The third-order valence-electron chi connectivity index (χ3n) is 3.97. The normalized spacial score (nSPS) is 13.3. The van der Waals surface area contributed by atoms with Gasteiger partial charge >= 0.3 is 0 Å². The lowest BCUT2D eigenvalue weighted by Crippen LogP contribution is -2.39. The van der Waals surface area contributed by atoms with Crippen molar-refractivity contribution in [2.75, 3.05) is 33.7 Å². The van der Waals surface area contributed by atoms with E-state index in [1.807, 2.05) is 0 Å². The lowest BCUT2D eigenvalue weighted by atomic mass is 10.2. The van der Waals surface area contributed by atoms with E-state index >= 15 is 0 Å². The summed E-state index contributed by atoms with van der Waals surface area (Å²) in [6.07, 6.45) is 0.922. The summed E-state index contributed by atoms with van der Waals surface area (Å²) in [5, 5.41) is 10.1. The molecular formula is C18H29N5S2. The number of hydrogen-bond acceptors (Lipinski definition) is 5. The fourth-order valence-electron chi connectivity index (χ4n) is 2.44. The molecule has 0 aliphatic carbocycles. The summed E-state index contributed by atoms with van der Waals surface area (Å²) in [7, 11) is 4.21. The van der Waals surface area contributed by atoms with E-state index in [1.165, 1.54) is 14.8 Å². The fourth-order valence-corrected chi connectivity index (χ4v) is 4.29. The van der Waals surface area contributed by atoms with Gasteiger partial charge in [-0.3, -0.25) is 4.99 Å². The van der Waals surface area contributed by atoms with Crippen LogP contribution in [0.15, 0.2) is 22.5 Å². The molecule has 0 bridgehead atoms. The average Bonchev–Trinajstić information content (AvgIpc) is 3.18. The van der Waals surface area contributed by atoms with Crippen LogP contribution in [0.1, 0.15) is 33.4 Å². The van der Waals surface area contributed by atoms with Crippen LogP contribution in [0.2, 0.25) is 0 Å². The second kappa shape index (κ2) is 9.89. The topological polar surface area (TPSA) is 52.6 Å². The van der Waals surface area contributed by atoms with Gasteiger partial charge in [0.15, 0.2) is 5.96 Å². The Kier molecular flexibility index (Phi) is 7.87. The van der Waals surface area contributed by atoms with E-state index in [9.17, 15) is 0 Å². The van der Waals surface area contributed by atoms with Crippen molar-refractivity contribution in [3.63, 3.8) is 0 Å². The van der Waals surface area contributed by atoms with E-state index in [0.717, 1.165) is 37.7 Å². The smallest absolute Gasteiger partial charge is 0.191 e. The van der Waals surface area contributed by atoms with Crippen LogP contribution in [0.5, 0.6) is 0 Å². The van der Waals surface area contributed by atoms with Gasteiger partial charge in [0.2, 0.25) is 0 Å². The highest BCUT2D eigenvalue weighted by molar-refractivity contribution is 7.11. The van der Waals surface area contributed by atoms with Gasteiger partial charge in [0.1, 0.15) is 0 Å². The Morgan fingerprint density at radius 1 is 1.32 bits per heavy atom. The zero-order chi connectivity index (χ0) is 18.2. The predicted molar refractivity (Wildman–Crippen MR) is 110 cm³/mol. The number of aryl methyl sites for hydroxylation is 2. The van der Waals surface area contributed by atoms with Crippen LogP contribution in [-0.4, -0.2) is 49.6 Å². The Hall–Kier alpha value is -1.44. The molecule has 138 valence electrons. The molecule has 0 fully saturated rings. The molecule has 1 unspecified atom stereocenters. The highest BCUT2D eigenvalue weighted by Crippen LogP contribution is 2.23. The second-order valence-corrected chi connectivity index (χ2v) is 8.41. The second-order valence-electron chi connectivity index (χ2n) is 6.14. The summed E-state index contributed by atoms with van der Waals surface area (Å²) in [5.74, 6) is 0.871. The molecule has 25 heavy (non-hydrogen) atoms. The van der Waals surface area contributed by atoms with Crippen LogP contribution in [0.25, 0.3) is 0 Å². The van der Waals surface area contributed by atoms with E-state index in [4.69, 9.17) is 4.99 Å². The van der Waals surface area contributed by atoms with Crippen LogP contribution >= 0.6 is 22.7 Å². The number of hydrogen-bond donors (Lipinski definition) is 2. The Morgan fingerprint density at radius 2 is 2.12 bits per heavy atom. The van der Waals surface area contributed by atoms with Gasteiger partial charge in [-0.05, 0) is 46.3 Å². The molecule has 2 N–H and O–H groups in total. The monoisotopic (exact) mass is 379 g/mol. The highest BCUT2D eigenvalue weighted by Gasteiger charge is 2.15. The van der Waals surface area contributed by atoms with Crippen molar-refractivity contribution >= 4 is 28.6 Å². The first-order chi connectivity index (χ1) is 12.0. The standard InChI is InChI=1S/C18H29N5S2/c1-6-19-18(20-10-9-17-22-13(2)14(3)25-17)21-12-15(23(4)5)16-8-7-11-24-16/h7-8,11,15H,6,9-10,12H2,1-5H3,(H2,19,20,21). The number of thiazole rings is 1. The quantitative estimate of drug-likeness (QED) is 0.546. The third kappa shape index (κ3) is 6.09. The molecule has 2 aromatic heterocycles. The van der Waals surface area contributed by atoms with Crippen LogP contribution < -0.4 is 10.6 Å². The fraction of sp³-hybridized carbons (Fsp3) is 0.556. The molecule has 5 nitrogen and oxygen atoms in total. The zero-order valence-corrected chi connectivity index (χ0v) is 17.4. The first kappa shape index (κ1) is 19.9. The molecule has 1 atom stereocenters. The molecule has 2 rings (SSSR count). The Morgan fingerprint density at radius 3 is 2.68 bits per heavy atom. The number of aliphatic imine (C=N–C) groups is 1. The summed E-state index contributed by atoms with van der Waals surface area (Å²) < 4.78 is 0. The maximum absolute atomic E-state index is 4.79. The number of nitrogens with one attached hydrogen (secondary N) is 2. The lowest BCUT2D eigenvalue weighted by molar-refractivity contribution is 0.310. The SMILES string of the molecule is CCNC(=NCC(c1cccs1)N(C)C)NCCc1nc(C)c(C)s1. The molecule has 0 aliphatic rings. The van der Waals surface area contributed by atoms with Crippen LogP contribution in [0, 0.1) is 13.8 Å². The van der Waals surface area contributed by atoms with Crippen molar-refractivity contribution in [3.8, 4) is 0 Å². The Balaban J connectivity index is 1.92. The van der Waals surface area contributed by atoms with Crippen LogP contribution in [0.3, 0.4) is 0 Å². The van der Waals surface area contributed by atoms with Crippen molar-refractivity contribution in [3.05, 3.63) is 38.0 Å². The Bertz CT molecular complexity index is 642. The highest BCUT2D eigenvalue weighted by atomic mass is 32.1. The summed E-state index contributed by atoms with van der Waals surface area (Å²) in [4.78, 5) is 14.3.